The summed E-state index contributed by atoms with van der Waals surface area (Å²) in [6, 6.07) is 14.2. The smallest absolute Gasteiger partial charge is 0.273 e. The quantitative estimate of drug-likeness (QED) is 0.624. The van der Waals surface area contributed by atoms with Gasteiger partial charge in [0.05, 0.1) is 17.3 Å². The van der Waals surface area contributed by atoms with Crippen molar-refractivity contribution in [3.8, 4) is 6.07 Å². The molecule has 1 aliphatic rings. The molecule has 0 saturated carbocycles. The summed E-state index contributed by atoms with van der Waals surface area (Å²) in [6.45, 7) is 0. The molecular formula is C18H10BrN3O3. The first-order chi connectivity index (χ1) is 12.0. The van der Waals surface area contributed by atoms with Crippen LogP contribution in [0.3, 0.4) is 0 Å². The molecule has 4 amide bonds. The summed E-state index contributed by atoms with van der Waals surface area (Å²) >= 11 is 3.28. The number of nitrogens with zero attached hydrogens (tertiary/aromatic N) is 2. The molecule has 0 atom stereocenters. The largest absolute Gasteiger partial charge is 0.335 e. The highest BCUT2D eigenvalue weighted by molar-refractivity contribution is 9.10. The van der Waals surface area contributed by atoms with Crippen molar-refractivity contribution >= 4 is 45.5 Å². The first kappa shape index (κ1) is 16.6. The van der Waals surface area contributed by atoms with Gasteiger partial charge >= 0.3 is 6.03 Å². The van der Waals surface area contributed by atoms with E-state index in [0.717, 1.165) is 9.37 Å². The zero-order valence-corrected chi connectivity index (χ0v) is 14.3. The zero-order chi connectivity index (χ0) is 18.0. The number of amides is 4. The maximum Gasteiger partial charge on any atom is 0.335 e. The number of hydrogen-bond acceptors (Lipinski definition) is 4. The van der Waals surface area contributed by atoms with Crippen molar-refractivity contribution in [3.05, 3.63) is 69.7 Å². The lowest BCUT2D eigenvalue weighted by Gasteiger charge is -2.26. The summed E-state index contributed by atoms with van der Waals surface area (Å²) in [6.07, 6.45) is 1.39. The van der Waals surface area contributed by atoms with E-state index in [-0.39, 0.29) is 5.57 Å². The van der Waals surface area contributed by atoms with Crippen LogP contribution in [0.4, 0.5) is 10.5 Å². The van der Waals surface area contributed by atoms with Crippen LogP contribution < -0.4 is 10.2 Å². The normalized spacial score (nSPS) is 15.9. The van der Waals surface area contributed by atoms with Gasteiger partial charge in [-0.15, -0.1) is 0 Å². The van der Waals surface area contributed by atoms with Crippen LogP contribution in [0.1, 0.15) is 11.1 Å². The van der Waals surface area contributed by atoms with E-state index < -0.39 is 17.8 Å². The molecule has 1 heterocycles. The lowest BCUT2D eigenvalue weighted by molar-refractivity contribution is -0.122. The molecule has 7 heteroatoms. The topological polar surface area (TPSA) is 90.3 Å². The van der Waals surface area contributed by atoms with E-state index in [0.29, 0.717) is 16.8 Å². The fourth-order valence-corrected chi connectivity index (χ4v) is 2.57. The van der Waals surface area contributed by atoms with Crippen LogP contribution in [0.2, 0.25) is 0 Å². The Morgan fingerprint density at radius 2 is 1.64 bits per heavy atom. The Labute approximate surface area is 151 Å². The molecule has 2 aromatic rings. The molecule has 6 nitrogen and oxygen atoms in total. The van der Waals surface area contributed by atoms with Gasteiger partial charge in [-0.1, -0.05) is 28.1 Å². The van der Waals surface area contributed by atoms with Gasteiger partial charge in [-0.25, -0.2) is 9.69 Å². The monoisotopic (exact) mass is 395 g/mol. The van der Waals surface area contributed by atoms with Crippen molar-refractivity contribution in [2.24, 2.45) is 0 Å². The molecule has 0 bridgehead atoms. The second-order valence-electron chi connectivity index (χ2n) is 5.17. The van der Waals surface area contributed by atoms with Crippen LogP contribution in [0.25, 0.3) is 6.08 Å². The van der Waals surface area contributed by atoms with Crippen LogP contribution in [-0.4, -0.2) is 17.8 Å². The molecular weight excluding hydrogens is 386 g/mol. The average molecular weight is 396 g/mol. The summed E-state index contributed by atoms with van der Waals surface area (Å²) in [5, 5.41) is 11.0. The van der Waals surface area contributed by atoms with Crippen molar-refractivity contribution in [2.75, 3.05) is 4.90 Å². The molecule has 0 spiro atoms. The van der Waals surface area contributed by atoms with Crippen LogP contribution >= 0.6 is 15.9 Å². The predicted molar refractivity (Wildman–Crippen MR) is 94.3 cm³/mol. The minimum atomic E-state index is -0.797. The van der Waals surface area contributed by atoms with Crippen LogP contribution in [0.5, 0.6) is 0 Å². The van der Waals surface area contributed by atoms with Gasteiger partial charge in [0.25, 0.3) is 11.8 Å². The van der Waals surface area contributed by atoms with Crippen molar-refractivity contribution in [3.63, 3.8) is 0 Å². The lowest BCUT2D eigenvalue weighted by Crippen LogP contribution is -2.54. The molecule has 1 saturated heterocycles. The maximum atomic E-state index is 12.7. The molecule has 0 aromatic heterocycles. The number of hydrogen-bond donors (Lipinski definition) is 1. The summed E-state index contributed by atoms with van der Waals surface area (Å²) in [5.41, 5.74) is 1.23. The molecule has 0 aliphatic carbocycles. The highest BCUT2D eigenvalue weighted by atomic mass is 79.9. The molecule has 2 aromatic carbocycles. The van der Waals surface area contributed by atoms with Gasteiger partial charge in [0.2, 0.25) is 0 Å². The number of nitriles is 1. The second kappa shape index (κ2) is 6.71. The van der Waals surface area contributed by atoms with Crippen LogP contribution in [0, 0.1) is 11.3 Å². The molecule has 0 radical (unpaired) electrons. The number of carbonyl (C=O) groups excluding carboxylic acids is 3. The number of urea groups is 1. The molecule has 1 fully saturated rings. The van der Waals surface area contributed by atoms with E-state index in [4.69, 9.17) is 5.26 Å². The first-order valence-corrected chi connectivity index (χ1v) is 7.96. The minimum Gasteiger partial charge on any atom is -0.273 e. The van der Waals surface area contributed by atoms with Gasteiger partial charge in [-0.2, -0.15) is 5.26 Å². The molecule has 122 valence electrons. The Balaban J connectivity index is 1.98. The van der Waals surface area contributed by atoms with Crippen molar-refractivity contribution in [1.29, 1.82) is 5.26 Å². The van der Waals surface area contributed by atoms with Gasteiger partial charge in [0, 0.05) is 4.47 Å². The van der Waals surface area contributed by atoms with Gasteiger partial charge in [-0.05, 0) is 48.0 Å². The Morgan fingerprint density at radius 3 is 2.24 bits per heavy atom. The Kier molecular flexibility index (Phi) is 4.46. The standard InChI is InChI=1S/C18H10BrN3O3/c19-13-5-7-14(8-6-13)22-17(24)15(16(23)21-18(22)25)9-11-1-3-12(10-20)4-2-11/h1-9H,(H,21,23,25). The van der Waals surface area contributed by atoms with Gasteiger partial charge in [0.15, 0.2) is 0 Å². The van der Waals surface area contributed by atoms with Crippen LogP contribution in [0.15, 0.2) is 58.6 Å². The number of benzene rings is 2. The second-order valence-corrected chi connectivity index (χ2v) is 6.08. The molecule has 1 aliphatic heterocycles. The number of rotatable bonds is 2. The number of nitrogens with one attached hydrogen (secondary N) is 1. The highest BCUT2D eigenvalue weighted by Gasteiger charge is 2.36. The van der Waals surface area contributed by atoms with Crippen molar-refractivity contribution in [1.82, 2.24) is 5.32 Å². The first-order valence-electron chi connectivity index (χ1n) is 7.17. The summed E-state index contributed by atoms with van der Waals surface area (Å²) in [7, 11) is 0. The zero-order valence-electron chi connectivity index (χ0n) is 12.7. The third-order valence-corrected chi connectivity index (χ3v) is 4.07. The van der Waals surface area contributed by atoms with E-state index in [1.54, 1.807) is 48.5 Å². The fraction of sp³-hybridized carbons (Fsp3) is 0. The van der Waals surface area contributed by atoms with E-state index in [9.17, 15) is 14.4 Å². The number of halogens is 1. The van der Waals surface area contributed by atoms with E-state index in [1.807, 2.05) is 6.07 Å². The van der Waals surface area contributed by atoms with Crippen LogP contribution in [-0.2, 0) is 9.59 Å². The molecule has 3 rings (SSSR count). The molecule has 1 N–H and O–H groups in total. The SMILES string of the molecule is N#Cc1ccc(C=C2C(=O)NC(=O)N(c3ccc(Br)cc3)C2=O)cc1. The number of anilines is 1. The Morgan fingerprint density at radius 1 is 1.00 bits per heavy atom. The summed E-state index contributed by atoms with van der Waals surface area (Å²) in [4.78, 5) is 37.7. The van der Waals surface area contributed by atoms with Gasteiger partial charge in [-0.3, -0.25) is 14.9 Å². The highest BCUT2D eigenvalue weighted by Crippen LogP contribution is 2.23. The average Bonchev–Trinajstić information content (AvgIpc) is 2.60. The van der Waals surface area contributed by atoms with Crippen molar-refractivity contribution in [2.45, 2.75) is 0 Å². The van der Waals surface area contributed by atoms with Crippen molar-refractivity contribution < 1.29 is 14.4 Å². The van der Waals surface area contributed by atoms with Gasteiger partial charge in [0.1, 0.15) is 5.57 Å². The van der Waals surface area contributed by atoms with Gasteiger partial charge < -0.3 is 0 Å². The van der Waals surface area contributed by atoms with E-state index in [2.05, 4.69) is 21.2 Å². The molecule has 25 heavy (non-hydrogen) atoms. The summed E-state index contributed by atoms with van der Waals surface area (Å²) in [5.74, 6) is -1.46. The fourth-order valence-electron chi connectivity index (χ4n) is 2.30. The predicted octanol–water partition coefficient (Wildman–Crippen LogP) is 2.99. The Hall–Kier alpha value is -3.24. The minimum absolute atomic E-state index is 0.160. The number of barbiturate groups is 1. The lowest BCUT2D eigenvalue weighted by atomic mass is 10.1. The van der Waals surface area contributed by atoms with E-state index >= 15 is 0 Å². The molecule has 0 unspecified atom stereocenters. The maximum absolute atomic E-state index is 12.7. The number of imide groups is 2. The Bertz CT molecular complexity index is 941. The summed E-state index contributed by atoms with van der Waals surface area (Å²) < 4.78 is 0.797. The third-order valence-electron chi connectivity index (χ3n) is 3.54. The third kappa shape index (κ3) is 3.34. The van der Waals surface area contributed by atoms with E-state index in [1.165, 1.54) is 6.08 Å². The number of carbonyl (C=O) groups is 3.